The minimum atomic E-state index is 0.372. The topological polar surface area (TPSA) is 20.2 Å². The zero-order valence-electron chi connectivity index (χ0n) is 11.5. The highest BCUT2D eigenvalue weighted by Crippen LogP contribution is 2.40. The van der Waals surface area contributed by atoms with Crippen LogP contribution >= 0.6 is 0 Å². The van der Waals surface area contributed by atoms with Crippen molar-refractivity contribution in [1.82, 2.24) is 0 Å². The van der Waals surface area contributed by atoms with Crippen molar-refractivity contribution in [2.45, 2.75) is 72.1 Å². The molecule has 1 aliphatic carbocycles. The summed E-state index contributed by atoms with van der Waals surface area (Å²) in [6, 6.07) is 0. The Labute approximate surface area is 102 Å². The van der Waals surface area contributed by atoms with Crippen LogP contribution in [0.15, 0.2) is 0 Å². The minimum absolute atomic E-state index is 0.372. The van der Waals surface area contributed by atoms with Gasteiger partial charge in [0, 0.05) is 6.61 Å². The molecule has 1 fully saturated rings. The van der Waals surface area contributed by atoms with Gasteiger partial charge in [-0.2, -0.15) is 0 Å². The van der Waals surface area contributed by atoms with Gasteiger partial charge in [0.05, 0.1) is 0 Å². The van der Waals surface area contributed by atoms with E-state index < -0.39 is 0 Å². The molecule has 0 atom stereocenters. The molecule has 1 N–H and O–H groups in total. The first-order valence-electron chi connectivity index (χ1n) is 7.15. The molecule has 0 aromatic rings. The second-order valence-electron chi connectivity index (χ2n) is 6.66. The molecule has 0 saturated heterocycles. The molecule has 0 aromatic carbocycles. The summed E-state index contributed by atoms with van der Waals surface area (Å²) in [5.74, 6) is 1.93. The maximum atomic E-state index is 8.73. The summed E-state index contributed by atoms with van der Waals surface area (Å²) in [6.07, 6.45) is 10.7. The first kappa shape index (κ1) is 14.0. The largest absolute Gasteiger partial charge is 0.396 e. The normalized spacial score (nSPS) is 27.0. The van der Waals surface area contributed by atoms with Crippen molar-refractivity contribution in [2.24, 2.45) is 17.3 Å². The lowest BCUT2D eigenvalue weighted by Crippen LogP contribution is -2.25. The fourth-order valence-electron chi connectivity index (χ4n) is 3.04. The predicted molar refractivity (Wildman–Crippen MR) is 70.5 cm³/mol. The van der Waals surface area contributed by atoms with E-state index in [1.807, 2.05) is 0 Å². The Morgan fingerprint density at radius 2 is 1.56 bits per heavy atom. The average Bonchev–Trinajstić information content (AvgIpc) is 2.24. The Morgan fingerprint density at radius 3 is 2.06 bits per heavy atom. The fourth-order valence-corrected chi connectivity index (χ4v) is 3.04. The Morgan fingerprint density at radius 1 is 0.938 bits per heavy atom. The fraction of sp³-hybridized carbons (Fsp3) is 1.00. The van der Waals surface area contributed by atoms with Crippen LogP contribution < -0.4 is 0 Å². The third-order valence-electron chi connectivity index (χ3n) is 4.34. The summed E-state index contributed by atoms with van der Waals surface area (Å²) < 4.78 is 0. The molecule has 1 rings (SSSR count). The van der Waals surface area contributed by atoms with E-state index in [0.29, 0.717) is 12.0 Å². The molecular formula is C15H30O. The van der Waals surface area contributed by atoms with Gasteiger partial charge >= 0.3 is 0 Å². The predicted octanol–water partition coefficient (Wildman–Crippen LogP) is 4.39. The lowest BCUT2D eigenvalue weighted by Gasteiger charge is -2.37. The number of rotatable bonds is 5. The van der Waals surface area contributed by atoms with Gasteiger partial charge in [-0.05, 0) is 36.5 Å². The van der Waals surface area contributed by atoms with Crippen LogP contribution in [0.25, 0.3) is 0 Å². The number of hydrogen-bond acceptors (Lipinski definition) is 1. The molecule has 1 aliphatic rings. The van der Waals surface area contributed by atoms with Crippen LogP contribution in [0.3, 0.4) is 0 Å². The summed E-state index contributed by atoms with van der Waals surface area (Å²) in [5, 5.41) is 8.73. The number of aliphatic hydroxyl groups excluding tert-OH is 1. The van der Waals surface area contributed by atoms with E-state index in [1.165, 1.54) is 44.9 Å². The quantitative estimate of drug-likeness (QED) is 0.689. The van der Waals surface area contributed by atoms with Gasteiger partial charge < -0.3 is 5.11 Å². The van der Waals surface area contributed by atoms with Crippen LogP contribution in [0.2, 0.25) is 0 Å². The summed E-state index contributed by atoms with van der Waals surface area (Å²) in [6.45, 7) is 7.54. The van der Waals surface area contributed by atoms with Crippen LogP contribution in [0.5, 0.6) is 0 Å². The van der Waals surface area contributed by atoms with Gasteiger partial charge in [0.1, 0.15) is 0 Å². The van der Waals surface area contributed by atoms with Crippen LogP contribution in [-0.2, 0) is 0 Å². The molecule has 0 amide bonds. The van der Waals surface area contributed by atoms with E-state index in [0.717, 1.165) is 18.3 Å². The van der Waals surface area contributed by atoms with E-state index in [2.05, 4.69) is 20.8 Å². The number of aliphatic hydroxyl groups is 1. The molecular weight excluding hydrogens is 196 g/mol. The molecule has 0 unspecified atom stereocenters. The van der Waals surface area contributed by atoms with Crippen molar-refractivity contribution < 1.29 is 5.11 Å². The van der Waals surface area contributed by atoms with Crippen molar-refractivity contribution >= 4 is 0 Å². The molecule has 0 radical (unpaired) electrons. The SMILES string of the molecule is CC(C)(C)C1CCC(CCCCCO)CC1. The molecule has 0 spiro atoms. The van der Waals surface area contributed by atoms with Gasteiger partial charge in [0.15, 0.2) is 0 Å². The van der Waals surface area contributed by atoms with E-state index >= 15 is 0 Å². The van der Waals surface area contributed by atoms with Gasteiger partial charge in [-0.3, -0.25) is 0 Å². The van der Waals surface area contributed by atoms with Crippen LogP contribution in [0.1, 0.15) is 72.1 Å². The van der Waals surface area contributed by atoms with E-state index in [9.17, 15) is 0 Å². The molecule has 1 saturated carbocycles. The maximum Gasteiger partial charge on any atom is 0.0431 e. The van der Waals surface area contributed by atoms with E-state index in [4.69, 9.17) is 5.11 Å². The molecule has 0 aliphatic heterocycles. The van der Waals surface area contributed by atoms with Crippen molar-refractivity contribution in [1.29, 1.82) is 0 Å². The Kier molecular flexibility index (Phi) is 5.82. The molecule has 0 bridgehead atoms. The average molecular weight is 226 g/mol. The molecule has 16 heavy (non-hydrogen) atoms. The standard InChI is InChI=1S/C15H30O/c1-15(2,3)14-10-8-13(9-11-14)7-5-4-6-12-16/h13-14,16H,4-12H2,1-3H3. The highest BCUT2D eigenvalue weighted by molar-refractivity contribution is 4.80. The second-order valence-corrected chi connectivity index (χ2v) is 6.66. The Balaban J connectivity index is 2.12. The van der Waals surface area contributed by atoms with Crippen LogP contribution in [0, 0.1) is 17.3 Å². The van der Waals surface area contributed by atoms with Gasteiger partial charge in [-0.15, -0.1) is 0 Å². The Bertz CT molecular complexity index is 172. The third kappa shape index (κ3) is 4.86. The first-order chi connectivity index (χ1) is 7.54. The van der Waals surface area contributed by atoms with Crippen LogP contribution in [-0.4, -0.2) is 11.7 Å². The van der Waals surface area contributed by atoms with Crippen molar-refractivity contribution in [3.63, 3.8) is 0 Å². The summed E-state index contributed by atoms with van der Waals surface area (Å²) in [4.78, 5) is 0. The number of hydrogen-bond donors (Lipinski definition) is 1. The highest BCUT2D eigenvalue weighted by atomic mass is 16.2. The third-order valence-corrected chi connectivity index (χ3v) is 4.34. The summed E-state index contributed by atoms with van der Waals surface area (Å²) in [7, 11) is 0. The monoisotopic (exact) mass is 226 g/mol. The maximum absolute atomic E-state index is 8.73. The zero-order chi connectivity index (χ0) is 12.0. The number of unbranched alkanes of at least 4 members (excludes halogenated alkanes) is 2. The zero-order valence-corrected chi connectivity index (χ0v) is 11.5. The van der Waals surface area contributed by atoms with Crippen molar-refractivity contribution in [3.05, 3.63) is 0 Å². The molecule has 1 heteroatoms. The highest BCUT2D eigenvalue weighted by Gasteiger charge is 2.29. The van der Waals surface area contributed by atoms with Crippen LogP contribution in [0.4, 0.5) is 0 Å². The molecule has 0 heterocycles. The minimum Gasteiger partial charge on any atom is -0.396 e. The molecule has 1 nitrogen and oxygen atoms in total. The van der Waals surface area contributed by atoms with Crippen molar-refractivity contribution in [2.75, 3.05) is 6.61 Å². The molecule has 96 valence electrons. The smallest absolute Gasteiger partial charge is 0.0431 e. The van der Waals surface area contributed by atoms with E-state index in [1.54, 1.807) is 0 Å². The first-order valence-corrected chi connectivity index (χ1v) is 7.15. The molecule has 0 aromatic heterocycles. The van der Waals surface area contributed by atoms with Gasteiger partial charge in [-0.1, -0.05) is 52.9 Å². The summed E-state index contributed by atoms with van der Waals surface area (Å²) >= 11 is 0. The summed E-state index contributed by atoms with van der Waals surface area (Å²) in [5.41, 5.74) is 0.516. The van der Waals surface area contributed by atoms with Gasteiger partial charge in [0.2, 0.25) is 0 Å². The Hall–Kier alpha value is -0.0400. The lowest BCUT2D eigenvalue weighted by atomic mass is 9.69. The van der Waals surface area contributed by atoms with Crippen molar-refractivity contribution in [3.8, 4) is 0 Å². The van der Waals surface area contributed by atoms with Gasteiger partial charge in [-0.25, -0.2) is 0 Å². The van der Waals surface area contributed by atoms with Gasteiger partial charge in [0.25, 0.3) is 0 Å². The lowest BCUT2D eigenvalue weighted by molar-refractivity contribution is 0.145. The van der Waals surface area contributed by atoms with E-state index in [-0.39, 0.29) is 0 Å². The second kappa shape index (κ2) is 6.64.